The molecule has 0 spiro atoms. The summed E-state index contributed by atoms with van der Waals surface area (Å²) in [5.74, 6) is -0.950. The van der Waals surface area contributed by atoms with Crippen molar-refractivity contribution in [2.24, 2.45) is 0 Å². The van der Waals surface area contributed by atoms with Gasteiger partial charge in [-0.1, -0.05) is 12.1 Å². The monoisotopic (exact) mass is 384 g/mol. The van der Waals surface area contributed by atoms with Crippen LogP contribution in [-0.2, 0) is 29.0 Å². The quantitative estimate of drug-likeness (QED) is 0.510. The number of fused-ring (bicyclic) bond motifs is 3. The summed E-state index contributed by atoms with van der Waals surface area (Å²) in [6.45, 7) is -0.0827. The van der Waals surface area contributed by atoms with Crippen LogP contribution in [0.5, 0.6) is 0 Å². The number of benzene rings is 1. The molecule has 0 N–H and O–H groups in total. The number of esters is 1. The van der Waals surface area contributed by atoms with Crippen molar-refractivity contribution in [2.45, 2.75) is 32.3 Å². The standard InChI is InChI=1S/C20H17FN2O3S/c21-14-5-3-4-13(10-14)8-9-19(25)26-12-15-11-18(24)23-16-6-1-2-7-17(16)27-20(23)22-15/h3-5,8-11H,1-2,6-7,12H2/b9-8+. The Kier molecular flexibility index (Phi) is 4.85. The molecular weight excluding hydrogens is 367 g/mol. The van der Waals surface area contributed by atoms with Gasteiger partial charge in [-0.15, -0.1) is 11.3 Å². The van der Waals surface area contributed by atoms with Gasteiger partial charge in [0.05, 0.1) is 5.69 Å². The summed E-state index contributed by atoms with van der Waals surface area (Å²) in [5.41, 5.74) is 1.92. The first-order valence-electron chi connectivity index (χ1n) is 8.74. The third kappa shape index (κ3) is 3.83. The summed E-state index contributed by atoms with van der Waals surface area (Å²) in [5, 5.41) is 0. The number of nitrogens with zero attached hydrogens (tertiary/aromatic N) is 2. The SMILES string of the molecule is O=C(/C=C/c1cccc(F)c1)OCc1cc(=O)n2c3c(sc2n1)CCCC3. The molecule has 0 bridgehead atoms. The van der Waals surface area contributed by atoms with Gasteiger partial charge < -0.3 is 4.74 Å². The van der Waals surface area contributed by atoms with Gasteiger partial charge in [0.15, 0.2) is 4.96 Å². The topological polar surface area (TPSA) is 60.7 Å². The number of carbonyl (C=O) groups excluding carboxylic acids is 1. The molecule has 0 saturated carbocycles. The second-order valence-corrected chi connectivity index (χ2v) is 7.44. The lowest BCUT2D eigenvalue weighted by molar-refractivity contribution is -0.139. The minimum Gasteiger partial charge on any atom is -0.456 e. The van der Waals surface area contributed by atoms with Gasteiger partial charge in [-0.3, -0.25) is 9.20 Å². The zero-order valence-corrected chi connectivity index (χ0v) is 15.3. The average Bonchev–Trinajstić information content (AvgIpc) is 3.03. The number of aromatic nitrogens is 2. The third-order valence-corrected chi connectivity index (χ3v) is 5.58. The molecule has 1 aliphatic carbocycles. The van der Waals surface area contributed by atoms with E-state index < -0.39 is 5.97 Å². The van der Waals surface area contributed by atoms with E-state index in [1.807, 2.05) is 0 Å². The summed E-state index contributed by atoms with van der Waals surface area (Å²) in [6, 6.07) is 7.31. The molecule has 0 unspecified atom stereocenters. The Balaban J connectivity index is 1.47. The fourth-order valence-corrected chi connectivity index (χ4v) is 4.42. The van der Waals surface area contributed by atoms with Crippen LogP contribution in [0.2, 0.25) is 0 Å². The second kappa shape index (κ2) is 7.44. The van der Waals surface area contributed by atoms with E-state index in [1.54, 1.807) is 16.5 Å². The van der Waals surface area contributed by atoms with Crippen LogP contribution in [0, 0.1) is 5.82 Å². The summed E-state index contributed by atoms with van der Waals surface area (Å²) in [7, 11) is 0. The number of carbonyl (C=O) groups is 1. The number of aryl methyl sites for hydroxylation is 2. The van der Waals surface area contributed by atoms with Crippen LogP contribution in [0.3, 0.4) is 0 Å². The Morgan fingerprint density at radius 1 is 1.30 bits per heavy atom. The van der Waals surface area contributed by atoms with Crippen LogP contribution in [0.1, 0.15) is 34.7 Å². The molecule has 1 aromatic carbocycles. The van der Waals surface area contributed by atoms with E-state index in [4.69, 9.17) is 4.74 Å². The second-order valence-electron chi connectivity index (χ2n) is 6.38. The van der Waals surface area contributed by atoms with Gasteiger partial charge in [-0.2, -0.15) is 0 Å². The number of hydrogen-bond acceptors (Lipinski definition) is 5. The Hall–Kier alpha value is -2.80. The summed E-state index contributed by atoms with van der Waals surface area (Å²) < 4.78 is 20.0. The number of rotatable bonds is 4. The van der Waals surface area contributed by atoms with Gasteiger partial charge in [-0.25, -0.2) is 14.2 Å². The molecule has 2 heterocycles. The molecule has 1 aliphatic rings. The van der Waals surface area contributed by atoms with Crippen LogP contribution in [0.25, 0.3) is 11.0 Å². The van der Waals surface area contributed by atoms with E-state index in [2.05, 4.69) is 4.98 Å². The van der Waals surface area contributed by atoms with Gasteiger partial charge in [0.2, 0.25) is 0 Å². The summed E-state index contributed by atoms with van der Waals surface area (Å²) >= 11 is 1.53. The van der Waals surface area contributed by atoms with Gasteiger partial charge in [0.1, 0.15) is 12.4 Å². The van der Waals surface area contributed by atoms with E-state index in [0.717, 1.165) is 31.4 Å². The largest absolute Gasteiger partial charge is 0.456 e. The number of halogens is 1. The van der Waals surface area contributed by atoms with E-state index in [9.17, 15) is 14.0 Å². The Bertz CT molecular complexity index is 1100. The molecule has 3 aromatic rings. The normalized spacial score (nSPS) is 13.8. The van der Waals surface area contributed by atoms with Gasteiger partial charge in [0, 0.05) is 22.7 Å². The van der Waals surface area contributed by atoms with E-state index in [0.29, 0.717) is 16.2 Å². The lowest BCUT2D eigenvalue weighted by atomic mass is 10.0. The van der Waals surface area contributed by atoms with Crippen molar-refractivity contribution in [1.29, 1.82) is 0 Å². The molecule has 138 valence electrons. The van der Waals surface area contributed by atoms with Crippen molar-refractivity contribution in [2.75, 3.05) is 0 Å². The minimum atomic E-state index is -0.577. The first-order valence-corrected chi connectivity index (χ1v) is 9.55. The highest BCUT2D eigenvalue weighted by Crippen LogP contribution is 2.28. The van der Waals surface area contributed by atoms with E-state index in [-0.39, 0.29) is 18.0 Å². The zero-order chi connectivity index (χ0) is 18.8. The molecule has 27 heavy (non-hydrogen) atoms. The highest BCUT2D eigenvalue weighted by molar-refractivity contribution is 7.17. The predicted molar refractivity (Wildman–Crippen MR) is 101 cm³/mol. The first-order chi connectivity index (χ1) is 13.1. The lowest BCUT2D eigenvalue weighted by Gasteiger charge is -2.10. The van der Waals surface area contributed by atoms with Crippen LogP contribution in [-0.4, -0.2) is 15.4 Å². The van der Waals surface area contributed by atoms with Gasteiger partial charge >= 0.3 is 5.97 Å². The van der Waals surface area contributed by atoms with Crippen LogP contribution < -0.4 is 5.56 Å². The Morgan fingerprint density at radius 3 is 3.00 bits per heavy atom. The predicted octanol–water partition coefficient (Wildman–Crippen LogP) is 3.53. The van der Waals surface area contributed by atoms with Crippen LogP contribution in [0.15, 0.2) is 41.2 Å². The van der Waals surface area contributed by atoms with Crippen molar-refractivity contribution in [3.8, 4) is 0 Å². The maximum atomic E-state index is 13.1. The van der Waals surface area contributed by atoms with Crippen molar-refractivity contribution in [1.82, 2.24) is 9.38 Å². The number of thiazole rings is 1. The molecule has 0 amide bonds. The molecule has 0 fully saturated rings. The number of hydrogen-bond donors (Lipinski definition) is 0. The Labute approximate surface area is 158 Å². The summed E-state index contributed by atoms with van der Waals surface area (Å²) in [6.07, 6.45) is 6.81. The lowest BCUT2D eigenvalue weighted by Crippen LogP contribution is -2.18. The highest BCUT2D eigenvalue weighted by Gasteiger charge is 2.18. The van der Waals surface area contributed by atoms with Crippen molar-refractivity contribution >= 4 is 28.3 Å². The van der Waals surface area contributed by atoms with Crippen molar-refractivity contribution in [3.63, 3.8) is 0 Å². The molecule has 0 atom stereocenters. The molecule has 4 rings (SSSR count). The fourth-order valence-electron chi connectivity index (χ4n) is 3.18. The fraction of sp³-hybridized carbons (Fsp3) is 0.250. The summed E-state index contributed by atoms with van der Waals surface area (Å²) in [4.78, 5) is 30.7. The molecular formula is C20H17FN2O3S. The molecule has 5 nitrogen and oxygen atoms in total. The molecule has 0 radical (unpaired) electrons. The first kappa shape index (κ1) is 17.6. The van der Waals surface area contributed by atoms with E-state index >= 15 is 0 Å². The molecule has 0 aliphatic heterocycles. The maximum Gasteiger partial charge on any atom is 0.331 e. The van der Waals surface area contributed by atoms with E-state index in [1.165, 1.54) is 46.6 Å². The maximum absolute atomic E-state index is 13.1. The van der Waals surface area contributed by atoms with Gasteiger partial charge in [0.25, 0.3) is 5.56 Å². The van der Waals surface area contributed by atoms with Crippen molar-refractivity contribution < 1.29 is 13.9 Å². The van der Waals surface area contributed by atoms with Crippen LogP contribution in [0.4, 0.5) is 4.39 Å². The third-order valence-electron chi connectivity index (χ3n) is 4.44. The van der Waals surface area contributed by atoms with Crippen LogP contribution >= 0.6 is 11.3 Å². The average molecular weight is 384 g/mol. The van der Waals surface area contributed by atoms with Crippen molar-refractivity contribution in [3.05, 3.63) is 74.4 Å². The van der Waals surface area contributed by atoms with Gasteiger partial charge in [-0.05, 0) is 49.5 Å². The smallest absolute Gasteiger partial charge is 0.331 e. The molecule has 2 aromatic heterocycles. The number of ether oxygens (including phenoxy) is 1. The highest BCUT2D eigenvalue weighted by atomic mass is 32.1. The minimum absolute atomic E-state index is 0.0827. The Morgan fingerprint density at radius 2 is 2.15 bits per heavy atom. The molecule has 7 heteroatoms. The molecule has 0 saturated heterocycles. The zero-order valence-electron chi connectivity index (χ0n) is 14.5.